The van der Waals surface area contributed by atoms with Crippen LogP contribution in [0.4, 0.5) is 33.2 Å². The van der Waals surface area contributed by atoms with Crippen molar-refractivity contribution in [3.05, 3.63) is 64.6 Å². The monoisotopic (exact) mass is 507 g/mol. The standard InChI is InChI=1S/C25H23ClFN7O2/c1-34-20-10-9-16(13-15(20)5-2-8-21(34)35)31-25-30-14-18(26)23(33-25)32-22-17(6-3-7-19(22)27)24(36)29-12-4-11-28/h3,6-7,9-10,13-14H,2,4-5,8,12H2,1H3,(H,29,36)(H2,30,31,32,33). The van der Waals surface area contributed by atoms with Crippen LogP contribution in [0.2, 0.25) is 5.02 Å². The van der Waals surface area contributed by atoms with Crippen LogP contribution in [0.25, 0.3) is 0 Å². The van der Waals surface area contributed by atoms with E-state index >= 15 is 0 Å². The summed E-state index contributed by atoms with van der Waals surface area (Å²) in [5, 5.41) is 17.3. The van der Waals surface area contributed by atoms with Crippen LogP contribution >= 0.6 is 11.6 Å². The Morgan fingerprint density at radius 1 is 1.25 bits per heavy atom. The second kappa shape index (κ2) is 11.0. The largest absolute Gasteiger partial charge is 0.351 e. The molecule has 0 radical (unpaired) electrons. The minimum absolute atomic E-state index is 0.0431. The van der Waals surface area contributed by atoms with Crippen LogP contribution in [0.1, 0.15) is 35.2 Å². The Morgan fingerprint density at radius 2 is 2.08 bits per heavy atom. The molecule has 0 bridgehead atoms. The third kappa shape index (κ3) is 5.53. The molecule has 2 heterocycles. The zero-order valence-corrected chi connectivity index (χ0v) is 20.2. The molecule has 0 saturated carbocycles. The minimum atomic E-state index is -0.670. The van der Waals surface area contributed by atoms with Crippen molar-refractivity contribution in [3.63, 3.8) is 0 Å². The Labute approximate surface area is 212 Å². The van der Waals surface area contributed by atoms with E-state index < -0.39 is 11.7 Å². The molecule has 0 aliphatic carbocycles. The summed E-state index contributed by atoms with van der Waals surface area (Å²) in [7, 11) is 1.76. The van der Waals surface area contributed by atoms with Gasteiger partial charge < -0.3 is 20.9 Å². The van der Waals surface area contributed by atoms with E-state index in [0.717, 1.165) is 24.1 Å². The number of amides is 2. The van der Waals surface area contributed by atoms with E-state index in [0.29, 0.717) is 12.1 Å². The summed E-state index contributed by atoms with van der Waals surface area (Å²) in [6.07, 6.45) is 3.52. The van der Waals surface area contributed by atoms with Gasteiger partial charge >= 0.3 is 0 Å². The van der Waals surface area contributed by atoms with Crippen molar-refractivity contribution in [3.8, 4) is 6.07 Å². The van der Waals surface area contributed by atoms with Crippen LogP contribution in [0, 0.1) is 17.1 Å². The number of nitrogens with one attached hydrogen (secondary N) is 3. The van der Waals surface area contributed by atoms with Crippen molar-refractivity contribution < 1.29 is 14.0 Å². The number of carbonyl (C=O) groups is 2. The summed E-state index contributed by atoms with van der Waals surface area (Å²) in [4.78, 5) is 34.9. The van der Waals surface area contributed by atoms with Gasteiger partial charge in [-0.1, -0.05) is 17.7 Å². The molecule has 36 heavy (non-hydrogen) atoms. The fraction of sp³-hybridized carbons (Fsp3) is 0.240. The van der Waals surface area contributed by atoms with Crippen LogP contribution < -0.4 is 20.9 Å². The van der Waals surface area contributed by atoms with Gasteiger partial charge in [0.15, 0.2) is 5.82 Å². The maximum absolute atomic E-state index is 14.7. The molecule has 0 unspecified atom stereocenters. The Hall–Kier alpha value is -4.23. The number of halogens is 2. The number of nitrogens with zero attached hydrogens (tertiary/aromatic N) is 4. The van der Waals surface area contributed by atoms with Gasteiger partial charge in [-0.05, 0) is 48.7 Å². The molecule has 1 aliphatic heterocycles. The Balaban J connectivity index is 1.58. The van der Waals surface area contributed by atoms with E-state index in [1.54, 1.807) is 11.9 Å². The summed E-state index contributed by atoms with van der Waals surface area (Å²) in [6, 6.07) is 11.6. The molecule has 2 aromatic carbocycles. The second-order valence-electron chi connectivity index (χ2n) is 8.12. The summed E-state index contributed by atoms with van der Waals surface area (Å²) in [5.41, 5.74) is 2.55. The maximum Gasteiger partial charge on any atom is 0.253 e. The number of carbonyl (C=O) groups excluding carboxylic acids is 2. The predicted octanol–water partition coefficient (Wildman–Crippen LogP) is 4.70. The smallest absolute Gasteiger partial charge is 0.253 e. The van der Waals surface area contributed by atoms with E-state index in [9.17, 15) is 14.0 Å². The Kier molecular flexibility index (Phi) is 7.61. The van der Waals surface area contributed by atoms with Gasteiger partial charge in [-0.3, -0.25) is 9.59 Å². The zero-order valence-electron chi connectivity index (χ0n) is 19.4. The molecule has 1 aromatic heterocycles. The van der Waals surface area contributed by atoms with Gasteiger partial charge in [0.05, 0.1) is 29.9 Å². The van der Waals surface area contributed by atoms with Crippen LogP contribution in [-0.2, 0) is 11.2 Å². The lowest BCUT2D eigenvalue weighted by atomic mass is 10.1. The van der Waals surface area contributed by atoms with Gasteiger partial charge in [-0.2, -0.15) is 10.2 Å². The minimum Gasteiger partial charge on any atom is -0.351 e. The van der Waals surface area contributed by atoms with E-state index in [-0.39, 0.29) is 46.9 Å². The Morgan fingerprint density at radius 3 is 2.89 bits per heavy atom. The molecule has 2 amide bonds. The molecule has 0 atom stereocenters. The van der Waals surface area contributed by atoms with Crippen molar-refractivity contribution in [1.82, 2.24) is 15.3 Å². The maximum atomic E-state index is 14.7. The highest BCUT2D eigenvalue weighted by Gasteiger charge is 2.20. The van der Waals surface area contributed by atoms with Gasteiger partial charge in [0.25, 0.3) is 5.91 Å². The highest BCUT2D eigenvalue weighted by atomic mass is 35.5. The molecule has 11 heteroatoms. The summed E-state index contributed by atoms with van der Waals surface area (Å²) in [6.45, 7) is 0.137. The van der Waals surface area contributed by atoms with Crippen LogP contribution in [0.3, 0.4) is 0 Å². The number of anilines is 5. The predicted molar refractivity (Wildman–Crippen MR) is 135 cm³/mol. The highest BCUT2D eigenvalue weighted by Crippen LogP contribution is 2.31. The fourth-order valence-corrected chi connectivity index (χ4v) is 3.99. The summed E-state index contributed by atoms with van der Waals surface area (Å²) >= 11 is 6.27. The van der Waals surface area contributed by atoms with E-state index in [1.807, 2.05) is 24.3 Å². The topological polar surface area (TPSA) is 123 Å². The van der Waals surface area contributed by atoms with E-state index in [4.69, 9.17) is 16.9 Å². The van der Waals surface area contributed by atoms with Gasteiger partial charge in [0.1, 0.15) is 10.8 Å². The molecule has 184 valence electrons. The molecular formula is C25H23ClFN7O2. The third-order valence-electron chi connectivity index (χ3n) is 5.68. The molecule has 0 spiro atoms. The van der Waals surface area contributed by atoms with Crippen molar-refractivity contribution >= 4 is 52.2 Å². The normalized spacial score (nSPS) is 12.8. The van der Waals surface area contributed by atoms with Crippen LogP contribution in [0.15, 0.2) is 42.6 Å². The van der Waals surface area contributed by atoms with Crippen molar-refractivity contribution in [2.45, 2.75) is 25.7 Å². The molecule has 0 fully saturated rings. The molecule has 9 nitrogen and oxygen atoms in total. The van der Waals surface area contributed by atoms with Crippen molar-refractivity contribution in [1.29, 1.82) is 5.26 Å². The Bertz CT molecular complexity index is 1360. The molecule has 1 aliphatic rings. The van der Waals surface area contributed by atoms with Crippen molar-refractivity contribution in [2.24, 2.45) is 0 Å². The van der Waals surface area contributed by atoms with E-state index in [1.165, 1.54) is 24.4 Å². The quantitative estimate of drug-likeness (QED) is 0.396. The lowest BCUT2D eigenvalue weighted by Crippen LogP contribution is -2.25. The zero-order chi connectivity index (χ0) is 25.7. The SMILES string of the molecule is CN1C(=O)CCCc2cc(Nc3ncc(Cl)c(Nc4c(F)cccc4C(=O)NCCC#N)n3)ccc21. The second-order valence-corrected chi connectivity index (χ2v) is 8.52. The highest BCUT2D eigenvalue weighted by molar-refractivity contribution is 6.33. The van der Waals surface area contributed by atoms with Gasteiger partial charge in [0.2, 0.25) is 11.9 Å². The average molecular weight is 508 g/mol. The van der Waals surface area contributed by atoms with Crippen molar-refractivity contribution in [2.75, 3.05) is 29.1 Å². The lowest BCUT2D eigenvalue weighted by Gasteiger charge is -2.18. The number of benzene rings is 2. The number of para-hydroxylation sites is 1. The number of rotatable bonds is 7. The van der Waals surface area contributed by atoms with Crippen LogP contribution in [0.5, 0.6) is 0 Å². The molecule has 3 aromatic rings. The van der Waals surface area contributed by atoms with Gasteiger partial charge in [0, 0.05) is 31.4 Å². The number of aromatic nitrogens is 2. The summed E-state index contributed by atoms with van der Waals surface area (Å²) in [5.74, 6) is -0.820. The van der Waals surface area contributed by atoms with Gasteiger partial charge in [-0.25, -0.2) is 9.37 Å². The van der Waals surface area contributed by atoms with E-state index in [2.05, 4.69) is 25.9 Å². The first kappa shape index (κ1) is 24.9. The first-order chi connectivity index (χ1) is 17.4. The third-order valence-corrected chi connectivity index (χ3v) is 5.95. The molecule has 4 rings (SSSR count). The number of fused-ring (bicyclic) bond motifs is 1. The molecule has 3 N–H and O–H groups in total. The number of aryl methyl sites for hydroxylation is 1. The number of hydrogen-bond acceptors (Lipinski definition) is 7. The number of nitriles is 1. The lowest BCUT2D eigenvalue weighted by molar-refractivity contribution is -0.118. The average Bonchev–Trinajstić information content (AvgIpc) is 3.00. The molecule has 0 saturated heterocycles. The number of hydrogen-bond donors (Lipinski definition) is 3. The first-order valence-electron chi connectivity index (χ1n) is 11.3. The first-order valence-corrected chi connectivity index (χ1v) is 11.6. The van der Waals surface area contributed by atoms with Gasteiger partial charge in [-0.15, -0.1) is 0 Å². The molecular weight excluding hydrogens is 485 g/mol. The fourth-order valence-electron chi connectivity index (χ4n) is 3.85. The van der Waals surface area contributed by atoms with Crippen LogP contribution in [-0.4, -0.2) is 35.4 Å². The summed E-state index contributed by atoms with van der Waals surface area (Å²) < 4.78 is 14.7.